The third kappa shape index (κ3) is 2.80. The third-order valence-electron chi connectivity index (χ3n) is 4.20. The number of carbonyl (C=O) groups is 2. The molecule has 0 aliphatic carbocycles. The van der Waals surface area contributed by atoms with Crippen molar-refractivity contribution in [1.29, 1.82) is 0 Å². The summed E-state index contributed by atoms with van der Waals surface area (Å²) < 4.78 is 7.83. The average Bonchev–Trinajstić information content (AvgIpc) is 3.01. The highest BCUT2D eigenvalue weighted by Crippen LogP contribution is 2.29. The molecule has 1 fully saturated rings. The molecule has 1 aromatic carbocycles. The van der Waals surface area contributed by atoms with Gasteiger partial charge in [0.05, 0.1) is 16.7 Å². The van der Waals surface area contributed by atoms with E-state index in [2.05, 4.69) is 8.75 Å². The number of fused-ring (bicyclic) bond motifs is 1. The van der Waals surface area contributed by atoms with Crippen LogP contribution in [0.5, 0.6) is 0 Å². The van der Waals surface area contributed by atoms with E-state index in [0.29, 0.717) is 19.4 Å². The van der Waals surface area contributed by atoms with Crippen molar-refractivity contribution in [3.63, 3.8) is 0 Å². The van der Waals surface area contributed by atoms with Crippen LogP contribution in [0.4, 0.5) is 5.69 Å². The van der Waals surface area contributed by atoms with Gasteiger partial charge in [-0.15, -0.1) is 0 Å². The van der Waals surface area contributed by atoms with Crippen LogP contribution in [0.2, 0.25) is 0 Å². The molecule has 1 aliphatic heterocycles. The van der Waals surface area contributed by atoms with E-state index in [-0.39, 0.29) is 28.2 Å². The first-order chi connectivity index (χ1) is 11.4. The van der Waals surface area contributed by atoms with Gasteiger partial charge in [-0.3, -0.25) is 14.9 Å². The molecular formula is C14H14N4O5S. The molecule has 10 heteroatoms. The second-order valence-corrected chi connectivity index (χ2v) is 6.40. The van der Waals surface area contributed by atoms with E-state index in [1.807, 2.05) is 6.92 Å². The van der Waals surface area contributed by atoms with Gasteiger partial charge < -0.3 is 10.0 Å². The Morgan fingerprint density at radius 1 is 1.42 bits per heavy atom. The number of aliphatic carboxylic acids is 1. The maximum Gasteiger partial charge on any atom is 0.326 e. The van der Waals surface area contributed by atoms with Crippen molar-refractivity contribution in [2.75, 3.05) is 6.54 Å². The van der Waals surface area contributed by atoms with Crippen molar-refractivity contribution in [2.24, 2.45) is 5.92 Å². The van der Waals surface area contributed by atoms with Gasteiger partial charge in [-0.25, -0.2) is 4.79 Å². The van der Waals surface area contributed by atoms with Gasteiger partial charge in [0, 0.05) is 18.2 Å². The first kappa shape index (κ1) is 16.2. The summed E-state index contributed by atoms with van der Waals surface area (Å²) in [5, 5.41) is 20.6. The Morgan fingerprint density at radius 3 is 2.83 bits per heavy atom. The van der Waals surface area contributed by atoms with Crippen LogP contribution in [0.3, 0.4) is 0 Å². The number of carboxylic acid groups (broad SMARTS) is 1. The smallest absolute Gasteiger partial charge is 0.326 e. The van der Waals surface area contributed by atoms with Gasteiger partial charge in [0.25, 0.3) is 11.6 Å². The summed E-state index contributed by atoms with van der Waals surface area (Å²) in [6, 6.07) is 1.64. The number of nitrogens with zero attached hydrogens (tertiary/aromatic N) is 4. The summed E-state index contributed by atoms with van der Waals surface area (Å²) >= 11 is 0.823. The molecule has 2 heterocycles. The molecule has 1 aromatic heterocycles. The molecule has 2 atom stereocenters. The average molecular weight is 350 g/mol. The van der Waals surface area contributed by atoms with Crippen molar-refractivity contribution in [3.05, 3.63) is 27.8 Å². The molecule has 1 N–H and O–H groups in total. The van der Waals surface area contributed by atoms with Crippen LogP contribution in [0.1, 0.15) is 30.1 Å². The molecular weight excluding hydrogens is 336 g/mol. The molecule has 0 spiro atoms. The number of nitro benzene ring substituents is 1. The fourth-order valence-electron chi connectivity index (χ4n) is 2.92. The summed E-state index contributed by atoms with van der Waals surface area (Å²) in [6.45, 7) is 2.24. The molecule has 0 bridgehead atoms. The first-order valence-corrected chi connectivity index (χ1v) is 8.06. The fourth-order valence-corrected chi connectivity index (χ4v) is 3.46. The Balaban J connectivity index is 2.01. The second kappa shape index (κ2) is 6.11. The largest absolute Gasteiger partial charge is 0.480 e. The molecule has 24 heavy (non-hydrogen) atoms. The van der Waals surface area contributed by atoms with E-state index in [1.54, 1.807) is 0 Å². The number of nitro groups is 1. The van der Waals surface area contributed by atoms with Crippen LogP contribution < -0.4 is 0 Å². The first-order valence-electron chi connectivity index (χ1n) is 7.33. The summed E-state index contributed by atoms with van der Waals surface area (Å²) in [5.74, 6) is -1.40. The summed E-state index contributed by atoms with van der Waals surface area (Å²) in [4.78, 5) is 36.1. The van der Waals surface area contributed by atoms with Crippen LogP contribution in [0.25, 0.3) is 11.0 Å². The number of hydrogen-bond donors (Lipinski definition) is 1. The van der Waals surface area contributed by atoms with Crippen molar-refractivity contribution in [1.82, 2.24) is 13.6 Å². The lowest BCUT2D eigenvalue weighted by Gasteiger charge is -2.36. The van der Waals surface area contributed by atoms with Crippen molar-refractivity contribution < 1.29 is 19.6 Å². The highest BCUT2D eigenvalue weighted by molar-refractivity contribution is 7.00. The molecule has 126 valence electrons. The summed E-state index contributed by atoms with van der Waals surface area (Å²) in [5.41, 5.74) is 0.142. The number of amides is 1. The number of aromatic nitrogens is 2. The van der Waals surface area contributed by atoms with Crippen molar-refractivity contribution >= 4 is 40.3 Å². The topological polar surface area (TPSA) is 127 Å². The highest BCUT2D eigenvalue weighted by atomic mass is 32.1. The van der Waals surface area contributed by atoms with Gasteiger partial charge in [-0.2, -0.15) is 8.75 Å². The zero-order valence-electron chi connectivity index (χ0n) is 12.7. The van der Waals surface area contributed by atoms with Gasteiger partial charge in [0.15, 0.2) is 5.52 Å². The minimum absolute atomic E-state index is 0.0581. The second-order valence-electron chi connectivity index (χ2n) is 5.87. The quantitative estimate of drug-likeness (QED) is 0.662. The van der Waals surface area contributed by atoms with E-state index in [1.165, 1.54) is 11.0 Å². The predicted octanol–water partition coefficient (Wildman–Crippen LogP) is 1.92. The van der Waals surface area contributed by atoms with E-state index in [4.69, 9.17) is 0 Å². The lowest BCUT2D eigenvalue weighted by Crippen LogP contribution is -2.49. The van der Waals surface area contributed by atoms with E-state index in [0.717, 1.165) is 17.8 Å². The number of carbonyl (C=O) groups excluding carboxylic acids is 1. The molecule has 9 nitrogen and oxygen atoms in total. The normalized spacial score (nSPS) is 21.0. The number of carboxylic acids is 1. The summed E-state index contributed by atoms with van der Waals surface area (Å²) in [6.07, 6.45) is 1.06. The van der Waals surface area contributed by atoms with Gasteiger partial charge in [-0.05, 0) is 24.8 Å². The lowest BCUT2D eigenvalue weighted by atomic mass is 9.92. The Bertz CT molecular complexity index is 836. The lowest BCUT2D eigenvalue weighted by molar-refractivity contribution is -0.383. The number of non-ortho nitro benzene ring substituents is 1. The van der Waals surface area contributed by atoms with Crippen LogP contribution in [-0.2, 0) is 4.79 Å². The van der Waals surface area contributed by atoms with Gasteiger partial charge in [0.1, 0.15) is 11.6 Å². The standard InChI is InChI=1S/C14H14N4O5S/c1-7-2-3-17(11(4-7)14(20)21)13(19)8-5-9-12(16-24-15-9)10(6-8)18(22)23/h5-7,11H,2-4H2,1H3,(H,20,21). The Morgan fingerprint density at radius 2 is 2.17 bits per heavy atom. The Labute approximate surface area is 140 Å². The van der Waals surface area contributed by atoms with E-state index >= 15 is 0 Å². The van der Waals surface area contributed by atoms with Crippen LogP contribution >= 0.6 is 11.7 Å². The van der Waals surface area contributed by atoms with Gasteiger partial charge in [-0.1, -0.05) is 6.92 Å². The minimum atomic E-state index is -1.07. The molecule has 2 unspecified atom stereocenters. The number of benzene rings is 1. The molecule has 1 amide bonds. The van der Waals surface area contributed by atoms with Gasteiger partial charge in [0.2, 0.25) is 0 Å². The van der Waals surface area contributed by atoms with Crippen LogP contribution in [0.15, 0.2) is 12.1 Å². The SMILES string of the molecule is CC1CCN(C(=O)c2cc([N+](=O)[O-])c3nsnc3c2)C(C(=O)O)C1. The third-order valence-corrected chi connectivity index (χ3v) is 4.74. The fraction of sp³-hybridized carbons (Fsp3) is 0.429. The predicted molar refractivity (Wildman–Crippen MR) is 84.9 cm³/mol. The number of likely N-dealkylation sites (tertiary alicyclic amines) is 1. The van der Waals surface area contributed by atoms with Crippen molar-refractivity contribution in [2.45, 2.75) is 25.8 Å². The molecule has 1 saturated heterocycles. The number of piperidine rings is 1. The molecule has 1 aliphatic rings. The van der Waals surface area contributed by atoms with Crippen LogP contribution in [-0.4, -0.2) is 48.1 Å². The monoisotopic (exact) mass is 350 g/mol. The Hall–Kier alpha value is -2.62. The maximum absolute atomic E-state index is 12.8. The highest BCUT2D eigenvalue weighted by Gasteiger charge is 2.36. The van der Waals surface area contributed by atoms with Crippen molar-refractivity contribution in [3.8, 4) is 0 Å². The zero-order chi connectivity index (χ0) is 17.4. The summed E-state index contributed by atoms with van der Waals surface area (Å²) in [7, 11) is 0. The zero-order valence-corrected chi connectivity index (χ0v) is 13.5. The van der Waals surface area contributed by atoms with Gasteiger partial charge >= 0.3 is 5.97 Å². The van der Waals surface area contributed by atoms with Crippen LogP contribution in [0, 0.1) is 16.0 Å². The molecule has 2 aromatic rings. The molecule has 0 radical (unpaired) electrons. The number of rotatable bonds is 3. The maximum atomic E-state index is 12.8. The minimum Gasteiger partial charge on any atom is -0.480 e. The van der Waals surface area contributed by atoms with E-state index in [9.17, 15) is 24.8 Å². The Kier molecular flexibility index (Phi) is 4.14. The van der Waals surface area contributed by atoms with E-state index < -0.39 is 22.8 Å². The molecule has 3 rings (SSSR count). The number of hydrogen-bond acceptors (Lipinski definition) is 7. The molecule has 0 saturated carbocycles.